The van der Waals surface area contributed by atoms with Crippen molar-refractivity contribution in [2.24, 2.45) is 5.92 Å². The molecule has 0 saturated carbocycles. The molecule has 1 aromatic heterocycles. The van der Waals surface area contributed by atoms with Gasteiger partial charge in [-0.25, -0.2) is 0 Å². The van der Waals surface area contributed by atoms with Gasteiger partial charge in [0.05, 0.1) is 11.5 Å². The maximum absolute atomic E-state index is 11.9. The number of carbonyl (C=O) groups is 2. The highest BCUT2D eigenvalue weighted by Gasteiger charge is 2.13. The molecule has 0 aliphatic heterocycles. The van der Waals surface area contributed by atoms with Crippen LogP contribution >= 0.6 is 34.9 Å². The van der Waals surface area contributed by atoms with Crippen molar-refractivity contribution in [3.8, 4) is 0 Å². The lowest BCUT2D eigenvalue weighted by atomic mass is 10.2. The Hall–Kier alpha value is -0.800. The number of rotatable bonds is 10. The monoisotopic (exact) mass is 376 g/mol. The van der Waals surface area contributed by atoms with E-state index in [1.165, 1.54) is 34.9 Å². The normalized spacial score (nSPS) is 10.8. The standard InChI is InChI=1S/C14H24N4O2S3/c1-5-18(6-2)12(20)9-22-14-17-16-13(23-14)21-8-11(19)15-7-10(3)4/h10H,5-9H2,1-4H3,(H,15,19). The number of aromatic nitrogens is 2. The van der Waals surface area contributed by atoms with E-state index in [0.29, 0.717) is 24.0 Å². The van der Waals surface area contributed by atoms with E-state index >= 15 is 0 Å². The van der Waals surface area contributed by atoms with Crippen LogP contribution in [0.4, 0.5) is 0 Å². The van der Waals surface area contributed by atoms with Gasteiger partial charge < -0.3 is 10.2 Å². The Bertz CT molecular complexity index is 504. The van der Waals surface area contributed by atoms with Gasteiger partial charge in [0, 0.05) is 19.6 Å². The summed E-state index contributed by atoms with van der Waals surface area (Å²) in [6, 6.07) is 0. The van der Waals surface area contributed by atoms with Crippen molar-refractivity contribution in [2.75, 3.05) is 31.1 Å². The van der Waals surface area contributed by atoms with Crippen molar-refractivity contribution in [3.05, 3.63) is 0 Å². The topological polar surface area (TPSA) is 75.2 Å². The van der Waals surface area contributed by atoms with Gasteiger partial charge in [-0.2, -0.15) is 0 Å². The van der Waals surface area contributed by atoms with Gasteiger partial charge in [0.2, 0.25) is 11.8 Å². The number of thioether (sulfide) groups is 2. The van der Waals surface area contributed by atoms with Gasteiger partial charge >= 0.3 is 0 Å². The van der Waals surface area contributed by atoms with Crippen molar-refractivity contribution in [2.45, 2.75) is 36.4 Å². The minimum absolute atomic E-state index is 0.00446. The molecule has 0 atom stereocenters. The molecule has 9 heteroatoms. The summed E-state index contributed by atoms with van der Waals surface area (Å²) in [5.74, 6) is 1.26. The van der Waals surface area contributed by atoms with Gasteiger partial charge in [-0.1, -0.05) is 48.7 Å². The molecule has 0 saturated heterocycles. The number of carbonyl (C=O) groups excluding carboxylic acids is 2. The van der Waals surface area contributed by atoms with Gasteiger partial charge in [0.1, 0.15) is 0 Å². The molecule has 0 aliphatic rings. The average Bonchev–Trinajstić information content (AvgIpc) is 2.98. The molecular weight excluding hydrogens is 352 g/mol. The van der Waals surface area contributed by atoms with Crippen molar-refractivity contribution < 1.29 is 9.59 Å². The summed E-state index contributed by atoms with van der Waals surface area (Å²) in [4.78, 5) is 25.4. The summed E-state index contributed by atoms with van der Waals surface area (Å²) < 4.78 is 1.51. The van der Waals surface area contributed by atoms with Crippen LogP contribution in [0.25, 0.3) is 0 Å². The Balaban J connectivity index is 2.34. The van der Waals surface area contributed by atoms with Crippen LogP contribution < -0.4 is 5.32 Å². The van der Waals surface area contributed by atoms with E-state index in [4.69, 9.17) is 0 Å². The molecule has 1 N–H and O–H groups in total. The Morgan fingerprint density at radius 2 is 1.70 bits per heavy atom. The molecule has 0 aliphatic carbocycles. The first kappa shape index (κ1) is 20.2. The van der Waals surface area contributed by atoms with E-state index < -0.39 is 0 Å². The summed E-state index contributed by atoms with van der Waals surface area (Å²) in [5, 5.41) is 11.0. The Labute approximate surface area is 150 Å². The fourth-order valence-electron chi connectivity index (χ4n) is 1.60. The third-order valence-corrected chi connectivity index (χ3v) is 6.03. The van der Waals surface area contributed by atoms with Gasteiger partial charge in [-0.15, -0.1) is 10.2 Å². The molecular formula is C14H24N4O2S3. The van der Waals surface area contributed by atoms with Gasteiger partial charge in [0.25, 0.3) is 0 Å². The zero-order valence-electron chi connectivity index (χ0n) is 14.0. The Morgan fingerprint density at radius 3 is 2.22 bits per heavy atom. The maximum Gasteiger partial charge on any atom is 0.233 e. The predicted molar refractivity (Wildman–Crippen MR) is 97.1 cm³/mol. The first-order valence-corrected chi connectivity index (χ1v) is 10.4. The van der Waals surface area contributed by atoms with Crippen LogP contribution in [0.1, 0.15) is 27.7 Å². The number of nitrogens with one attached hydrogen (secondary N) is 1. The fraction of sp³-hybridized carbons (Fsp3) is 0.714. The highest BCUT2D eigenvalue weighted by Crippen LogP contribution is 2.28. The highest BCUT2D eigenvalue weighted by molar-refractivity contribution is 8.03. The first-order chi connectivity index (χ1) is 11.0. The van der Waals surface area contributed by atoms with Crippen molar-refractivity contribution >= 4 is 46.7 Å². The summed E-state index contributed by atoms with van der Waals surface area (Å²) in [6.45, 7) is 10.2. The molecule has 23 heavy (non-hydrogen) atoms. The van der Waals surface area contributed by atoms with Crippen LogP contribution in [0.5, 0.6) is 0 Å². The van der Waals surface area contributed by atoms with Gasteiger partial charge in [-0.3, -0.25) is 9.59 Å². The molecule has 0 spiro atoms. The van der Waals surface area contributed by atoms with E-state index in [0.717, 1.165) is 21.8 Å². The quantitative estimate of drug-likeness (QED) is 0.632. The number of hydrogen-bond donors (Lipinski definition) is 1. The Morgan fingerprint density at radius 1 is 1.13 bits per heavy atom. The van der Waals surface area contributed by atoms with E-state index in [1.54, 1.807) is 4.90 Å². The first-order valence-electron chi connectivity index (χ1n) is 7.59. The van der Waals surface area contributed by atoms with Gasteiger partial charge in [-0.05, 0) is 19.8 Å². The predicted octanol–water partition coefficient (Wildman–Crippen LogP) is 2.36. The van der Waals surface area contributed by atoms with Crippen LogP contribution in [0, 0.1) is 5.92 Å². The second-order valence-electron chi connectivity index (χ2n) is 5.18. The number of amides is 2. The molecule has 1 heterocycles. The number of hydrogen-bond acceptors (Lipinski definition) is 7. The largest absolute Gasteiger partial charge is 0.355 e. The molecule has 0 aromatic carbocycles. The maximum atomic E-state index is 11.9. The van der Waals surface area contributed by atoms with Crippen molar-refractivity contribution in [3.63, 3.8) is 0 Å². The van der Waals surface area contributed by atoms with E-state index in [9.17, 15) is 9.59 Å². The lowest BCUT2D eigenvalue weighted by Crippen LogP contribution is -2.31. The fourth-order valence-corrected chi connectivity index (χ4v) is 4.35. The molecule has 2 amide bonds. The molecule has 0 radical (unpaired) electrons. The minimum Gasteiger partial charge on any atom is -0.355 e. The van der Waals surface area contributed by atoms with Crippen molar-refractivity contribution in [1.29, 1.82) is 0 Å². The number of nitrogens with zero attached hydrogens (tertiary/aromatic N) is 3. The molecule has 1 aromatic rings. The zero-order valence-corrected chi connectivity index (χ0v) is 16.4. The van der Waals surface area contributed by atoms with Gasteiger partial charge in [0.15, 0.2) is 8.68 Å². The molecule has 1 rings (SSSR count). The summed E-state index contributed by atoms with van der Waals surface area (Å²) in [7, 11) is 0. The lowest BCUT2D eigenvalue weighted by Gasteiger charge is -2.17. The van der Waals surface area contributed by atoms with Crippen LogP contribution in [-0.4, -0.2) is 58.1 Å². The second-order valence-corrected chi connectivity index (χ2v) is 8.60. The van der Waals surface area contributed by atoms with E-state index in [2.05, 4.69) is 29.4 Å². The molecule has 0 fully saturated rings. The van der Waals surface area contributed by atoms with E-state index in [1.807, 2.05) is 13.8 Å². The smallest absolute Gasteiger partial charge is 0.233 e. The minimum atomic E-state index is 0.00446. The van der Waals surface area contributed by atoms with Crippen LogP contribution in [0.15, 0.2) is 8.68 Å². The SMILES string of the molecule is CCN(CC)C(=O)CSc1nnc(SCC(=O)NCC(C)C)s1. The van der Waals surface area contributed by atoms with Crippen LogP contribution in [0.3, 0.4) is 0 Å². The van der Waals surface area contributed by atoms with Crippen LogP contribution in [0.2, 0.25) is 0 Å². The summed E-state index contributed by atoms with van der Waals surface area (Å²) in [6.07, 6.45) is 0. The molecule has 0 unspecified atom stereocenters. The molecule has 0 bridgehead atoms. The second kappa shape index (κ2) is 10.9. The van der Waals surface area contributed by atoms with E-state index in [-0.39, 0.29) is 11.8 Å². The zero-order chi connectivity index (χ0) is 17.2. The molecule has 130 valence electrons. The highest BCUT2D eigenvalue weighted by atomic mass is 32.2. The van der Waals surface area contributed by atoms with Crippen molar-refractivity contribution in [1.82, 2.24) is 20.4 Å². The molecule has 6 nitrogen and oxygen atoms in total. The summed E-state index contributed by atoms with van der Waals surface area (Å²) in [5.41, 5.74) is 0. The summed E-state index contributed by atoms with van der Waals surface area (Å²) >= 11 is 4.19. The van der Waals surface area contributed by atoms with Crippen LogP contribution in [-0.2, 0) is 9.59 Å². The Kier molecular flexibility index (Phi) is 9.57. The third-order valence-electron chi connectivity index (χ3n) is 2.86. The third kappa shape index (κ3) is 8.03. The average molecular weight is 377 g/mol. The lowest BCUT2D eigenvalue weighted by molar-refractivity contribution is -0.128.